The van der Waals surface area contributed by atoms with Crippen LogP contribution >= 0.6 is 12.6 Å². The molecular weight excluding hydrogens is 679 g/mol. The largest absolute Gasteiger partial charge is 0.480 e. The fourth-order valence-electron chi connectivity index (χ4n) is 4.84. The van der Waals surface area contributed by atoms with Gasteiger partial charge in [0.15, 0.2) is 0 Å². The number of benzene rings is 2. The second-order valence-electron chi connectivity index (χ2n) is 11.8. The van der Waals surface area contributed by atoms with Crippen LogP contribution < -0.4 is 36.6 Å². The summed E-state index contributed by atoms with van der Waals surface area (Å²) in [5.41, 5.74) is 6.34. The third-order valence-electron chi connectivity index (χ3n) is 7.51. The van der Waals surface area contributed by atoms with Crippen LogP contribution in [0.25, 0.3) is 10.8 Å². The first-order chi connectivity index (χ1) is 23.1. The first-order valence-electron chi connectivity index (χ1n) is 15.6. The molecule has 0 heterocycles. The average Bonchev–Trinajstić information content (AvgIpc) is 3.05. The van der Waals surface area contributed by atoms with Crippen LogP contribution in [-0.4, -0.2) is 112 Å². The molecule has 0 aliphatic rings. The highest BCUT2D eigenvalue weighted by Crippen LogP contribution is 2.30. The third-order valence-corrected chi connectivity index (χ3v) is 9.34. The number of sulfonamides is 1. The minimum absolute atomic E-state index is 0.0272. The van der Waals surface area contributed by atoms with E-state index < -0.39 is 82.9 Å². The van der Waals surface area contributed by atoms with Crippen molar-refractivity contribution in [2.45, 2.75) is 62.2 Å². The molecule has 0 aliphatic heterocycles. The standard InChI is InChI=1S/C31H47N7O9S2/c1-18(2)27(30(43)35-21(11-5-6-14-32)28(41)36-22(16-39)31(44)45)37-29(42)23(17-48)34-26(40)15-33-49(46,47)25-13-8-9-19-20(25)10-7-12-24(19)38(3)4/h7-10,12-13,18,21-23,27,33,39,48H,5-6,11,14-17,32H2,1-4H3,(H,34,40)(H,35,43)(H,36,41)(H,37,42)(H,44,45). The maximum atomic E-state index is 13.3. The number of nitrogens with one attached hydrogen (secondary N) is 5. The van der Waals surface area contributed by atoms with Crippen LogP contribution in [0.1, 0.15) is 33.1 Å². The normalized spacial score (nSPS) is 14.0. The van der Waals surface area contributed by atoms with Crippen molar-refractivity contribution < 1.29 is 42.6 Å². The van der Waals surface area contributed by atoms with Crippen molar-refractivity contribution in [3.8, 4) is 0 Å². The Kier molecular flexibility index (Phi) is 16.2. The fraction of sp³-hybridized carbons (Fsp3) is 0.516. The minimum atomic E-state index is -4.16. The van der Waals surface area contributed by atoms with Crippen LogP contribution in [0.15, 0.2) is 41.3 Å². The van der Waals surface area contributed by atoms with Gasteiger partial charge in [-0.3, -0.25) is 19.2 Å². The van der Waals surface area contributed by atoms with E-state index >= 15 is 0 Å². The van der Waals surface area contributed by atoms with Gasteiger partial charge in [0, 0.05) is 36.3 Å². The first kappa shape index (κ1) is 41.2. The molecule has 4 unspecified atom stereocenters. The Labute approximate surface area is 291 Å². The van der Waals surface area contributed by atoms with Gasteiger partial charge in [0.2, 0.25) is 33.7 Å². The minimum Gasteiger partial charge on any atom is -0.480 e. The molecule has 0 aromatic heterocycles. The van der Waals surface area contributed by atoms with Crippen LogP contribution in [0.2, 0.25) is 0 Å². The van der Waals surface area contributed by atoms with E-state index in [9.17, 15) is 42.6 Å². The van der Waals surface area contributed by atoms with E-state index in [2.05, 4.69) is 38.6 Å². The topological polar surface area (TPSA) is 249 Å². The summed E-state index contributed by atoms with van der Waals surface area (Å²) >= 11 is 4.14. The lowest BCUT2D eigenvalue weighted by Crippen LogP contribution is -2.59. The molecular formula is C31H47N7O9S2. The molecule has 9 N–H and O–H groups in total. The molecule has 0 bridgehead atoms. The summed E-state index contributed by atoms with van der Waals surface area (Å²) in [6, 6.07) is 4.81. The lowest BCUT2D eigenvalue weighted by Gasteiger charge is -2.27. The van der Waals surface area contributed by atoms with Gasteiger partial charge in [-0.25, -0.2) is 17.9 Å². The molecule has 0 saturated carbocycles. The molecule has 18 heteroatoms. The zero-order chi connectivity index (χ0) is 36.9. The van der Waals surface area contributed by atoms with E-state index in [1.807, 2.05) is 25.1 Å². The number of hydrogen-bond donors (Lipinski definition) is 9. The van der Waals surface area contributed by atoms with Crippen LogP contribution in [0.5, 0.6) is 0 Å². The molecule has 0 radical (unpaired) electrons. The molecule has 0 aliphatic carbocycles. The number of nitrogens with zero attached hydrogens (tertiary/aromatic N) is 1. The van der Waals surface area contributed by atoms with E-state index in [1.165, 1.54) is 6.07 Å². The van der Waals surface area contributed by atoms with E-state index in [4.69, 9.17) is 5.73 Å². The summed E-state index contributed by atoms with van der Waals surface area (Å²) in [7, 11) is -0.489. The van der Waals surface area contributed by atoms with Gasteiger partial charge in [-0.1, -0.05) is 38.1 Å². The number of anilines is 1. The quantitative estimate of drug-likeness (QED) is 0.0587. The Balaban J connectivity index is 2.12. The predicted octanol–water partition coefficient (Wildman–Crippen LogP) is -1.08. The Morgan fingerprint density at radius 1 is 0.857 bits per heavy atom. The number of rotatable bonds is 20. The zero-order valence-electron chi connectivity index (χ0n) is 27.9. The van der Waals surface area contributed by atoms with Crippen LogP contribution in [-0.2, 0) is 34.0 Å². The second kappa shape index (κ2) is 19.3. The van der Waals surface area contributed by atoms with Gasteiger partial charge < -0.3 is 42.1 Å². The highest BCUT2D eigenvalue weighted by atomic mass is 32.2. The maximum Gasteiger partial charge on any atom is 0.328 e. The van der Waals surface area contributed by atoms with Gasteiger partial charge in [-0.05, 0) is 43.9 Å². The van der Waals surface area contributed by atoms with Crippen molar-refractivity contribution in [3.05, 3.63) is 36.4 Å². The molecule has 0 spiro atoms. The lowest BCUT2D eigenvalue weighted by atomic mass is 10.0. The van der Waals surface area contributed by atoms with Crippen molar-refractivity contribution >= 4 is 68.7 Å². The van der Waals surface area contributed by atoms with E-state index in [0.717, 1.165) is 5.69 Å². The molecule has 4 atom stereocenters. The number of carboxylic acid groups (broad SMARTS) is 1. The van der Waals surface area contributed by atoms with Crippen molar-refractivity contribution in [2.75, 3.05) is 44.4 Å². The summed E-state index contributed by atoms with van der Waals surface area (Å²) in [5.74, 6) is -5.38. The smallest absolute Gasteiger partial charge is 0.328 e. The Morgan fingerprint density at radius 2 is 1.47 bits per heavy atom. The van der Waals surface area contributed by atoms with Crippen LogP contribution in [0, 0.1) is 5.92 Å². The molecule has 4 amide bonds. The van der Waals surface area contributed by atoms with Crippen LogP contribution in [0.4, 0.5) is 5.69 Å². The summed E-state index contributed by atoms with van der Waals surface area (Å²) < 4.78 is 28.7. The monoisotopic (exact) mass is 725 g/mol. The van der Waals surface area contributed by atoms with Crippen molar-refractivity contribution in [2.24, 2.45) is 11.7 Å². The maximum absolute atomic E-state index is 13.3. The van der Waals surface area contributed by atoms with Gasteiger partial charge in [0.1, 0.15) is 24.2 Å². The lowest BCUT2D eigenvalue weighted by molar-refractivity contribution is -0.143. The SMILES string of the molecule is CC(C)C(NC(=O)C(CS)NC(=O)CNS(=O)(=O)c1cccc2c(N(C)C)cccc12)C(=O)NC(CCCCN)C(=O)NC(CO)C(=O)O. The van der Waals surface area contributed by atoms with Gasteiger partial charge in [0.05, 0.1) is 18.0 Å². The number of carbonyl (C=O) groups is 5. The average molecular weight is 726 g/mol. The highest BCUT2D eigenvalue weighted by molar-refractivity contribution is 7.89. The van der Waals surface area contributed by atoms with E-state index in [1.54, 1.807) is 38.1 Å². The Hall–Kier alpha value is -3.97. The molecule has 0 fully saturated rings. The van der Waals surface area contributed by atoms with Crippen molar-refractivity contribution in [1.29, 1.82) is 0 Å². The van der Waals surface area contributed by atoms with Crippen LogP contribution in [0.3, 0.4) is 0 Å². The molecule has 49 heavy (non-hydrogen) atoms. The zero-order valence-corrected chi connectivity index (χ0v) is 29.6. The second-order valence-corrected chi connectivity index (χ2v) is 13.9. The summed E-state index contributed by atoms with van der Waals surface area (Å²) in [4.78, 5) is 65.3. The number of amides is 4. The molecule has 272 valence electrons. The number of carboxylic acids is 1. The predicted molar refractivity (Wildman–Crippen MR) is 188 cm³/mol. The molecule has 2 aromatic carbocycles. The van der Waals surface area contributed by atoms with Gasteiger partial charge >= 0.3 is 5.97 Å². The van der Waals surface area contributed by atoms with Crippen molar-refractivity contribution in [3.63, 3.8) is 0 Å². The number of fused-ring (bicyclic) bond motifs is 1. The number of nitrogens with two attached hydrogens (primary N) is 1. The molecule has 0 saturated heterocycles. The summed E-state index contributed by atoms with van der Waals surface area (Å²) in [6.45, 7) is 2.04. The highest BCUT2D eigenvalue weighted by Gasteiger charge is 2.32. The number of aliphatic hydroxyl groups is 1. The Morgan fingerprint density at radius 3 is 2.04 bits per heavy atom. The molecule has 2 rings (SSSR count). The molecule has 2 aromatic rings. The van der Waals surface area contributed by atoms with E-state index in [-0.39, 0.29) is 17.1 Å². The van der Waals surface area contributed by atoms with Gasteiger partial charge in [-0.15, -0.1) is 0 Å². The number of unbranched alkanes of at least 4 members (excludes halogenated alkanes) is 1. The number of hydrogen-bond acceptors (Lipinski definition) is 11. The number of thiol groups is 1. The summed E-state index contributed by atoms with van der Waals surface area (Å²) in [5, 5.41) is 29.3. The van der Waals surface area contributed by atoms with E-state index in [0.29, 0.717) is 30.2 Å². The number of aliphatic carboxylic acids is 1. The number of aliphatic hydroxyl groups excluding tert-OH is 1. The summed E-state index contributed by atoms with van der Waals surface area (Å²) in [6.07, 6.45) is 1.04. The first-order valence-corrected chi connectivity index (χ1v) is 17.7. The fourth-order valence-corrected chi connectivity index (χ4v) is 6.30. The number of carbonyl (C=O) groups excluding carboxylic acids is 4. The molecule has 16 nitrogen and oxygen atoms in total. The van der Waals surface area contributed by atoms with Crippen molar-refractivity contribution in [1.82, 2.24) is 26.0 Å². The van der Waals surface area contributed by atoms with Gasteiger partial charge in [0.25, 0.3) is 0 Å². The Bertz CT molecular complexity index is 1590. The third kappa shape index (κ3) is 11.8. The van der Waals surface area contributed by atoms with Gasteiger partial charge in [-0.2, -0.15) is 12.6 Å².